The number of carbonyl (C=O) groups excluding carboxylic acids is 1. The van der Waals surface area contributed by atoms with Gasteiger partial charge in [0.2, 0.25) is 5.91 Å². The van der Waals surface area contributed by atoms with Crippen LogP contribution in [0.25, 0.3) is 0 Å². The van der Waals surface area contributed by atoms with Gasteiger partial charge in [0.1, 0.15) is 6.04 Å². The van der Waals surface area contributed by atoms with Gasteiger partial charge in [-0.3, -0.25) is 14.9 Å². The van der Waals surface area contributed by atoms with E-state index >= 15 is 0 Å². The molecule has 0 saturated carbocycles. The maximum atomic E-state index is 11.8. The number of carboxylic acids is 1. The topological polar surface area (TPSA) is 110 Å². The number of hydrogen-bond donors (Lipinski definition) is 2. The molecule has 0 aliphatic rings. The molecule has 0 aliphatic heterocycles. The first-order valence-corrected chi connectivity index (χ1v) is 7.91. The number of nitro benzene ring substituents is 1. The summed E-state index contributed by atoms with van der Waals surface area (Å²) in [4.78, 5) is 33.5. The number of halogens is 1. The first-order valence-electron chi connectivity index (χ1n) is 6.55. The van der Waals surface area contributed by atoms with Crippen LogP contribution in [0.2, 0.25) is 5.02 Å². The fraction of sp³-hybridized carbons (Fsp3) is 0.286. The molecule has 1 unspecified atom stereocenters. The minimum Gasteiger partial charge on any atom is -0.480 e. The highest BCUT2D eigenvalue weighted by molar-refractivity contribution is 8.00. The lowest BCUT2D eigenvalue weighted by Gasteiger charge is -2.13. The summed E-state index contributed by atoms with van der Waals surface area (Å²) in [7, 11) is 0. The number of amides is 1. The van der Waals surface area contributed by atoms with Gasteiger partial charge in [0.25, 0.3) is 5.69 Å². The molecule has 1 amide bonds. The van der Waals surface area contributed by atoms with Crippen LogP contribution in [0.3, 0.4) is 0 Å². The first-order chi connectivity index (χ1) is 10.8. The van der Waals surface area contributed by atoms with Crippen molar-refractivity contribution in [3.63, 3.8) is 0 Å². The SMILES string of the molecule is C=CCCC(NC(=O)CSc1ccc(Cl)cc1[N+](=O)[O-])C(=O)O. The highest BCUT2D eigenvalue weighted by Gasteiger charge is 2.20. The van der Waals surface area contributed by atoms with Crippen LogP contribution in [-0.4, -0.2) is 33.7 Å². The summed E-state index contributed by atoms with van der Waals surface area (Å²) in [6.45, 7) is 3.50. The van der Waals surface area contributed by atoms with E-state index in [0.717, 1.165) is 11.8 Å². The van der Waals surface area contributed by atoms with Crippen LogP contribution >= 0.6 is 23.4 Å². The van der Waals surface area contributed by atoms with Crippen LogP contribution in [0.5, 0.6) is 0 Å². The molecular weight excluding hydrogens is 344 g/mol. The van der Waals surface area contributed by atoms with Crippen LogP contribution in [0.15, 0.2) is 35.7 Å². The van der Waals surface area contributed by atoms with E-state index in [1.54, 1.807) is 6.08 Å². The molecule has 2 N–H and O–H groups in total. The van der Waals surface area contributed by atoms with Crippen molar-refractivity contribution in [2.45, 2.75) is 23.8 Å². The first kappa shape index (κ1) is 19.0. The molecule has 0 heterocycles. The fourth-order valence-corrected chi connectivity index (χ4v) is 2.66. The van der Waals surface area contributed by atoms with Gasteiger partial charge in [-0.05, 0) is 25.0 Å². The predicted molar refractivity (Wildman–Crippen MR) is 87.8 cm³/mol. The largest absolute Gasteiger partial charge is 0.480 e. The summed E-state index contributed by atoms with van der Waals surface area (Å²) >= 11 is 6.65. The lowest BCUT2D eigenvalue weighted by atomic mass is 10.1. The molecule has 0 radical (unpaired) electrons. The van der Waals surface area contributed by atoms with Gasteiger partial charge in [-0.25, -0.2) is 4.79 Å². The second-order valence-electron chi connectivity index (χ2n) is 4.48. The third-order valence-corrected chi connectivity index (χ3v) is 4.07. The normalized spacial score (nSPS) is 11.5. The number of carboxylic acid groups (broad SMARTS) is 1. The molecule has 1 rings (SSSR count). The van der Waals surface area contributed by atoms with Crippen molar-refractivity contribution in [1.29, 1.82) is 0 Å². The van der Waals surface area contributed by atoms with Gasteiger partial charge >= 0.3 is 5.97 Å². The van der Waals surface area contributed by atoms with E-state index in [-0.39, 0.29) is 27.8 Å². The summed E-state index contributed by atoms with van der Waals surface area (Å²) in [5.74, 6) is -1.79. The average molecular weight is 359 g/mol. The average Bonchev–Trinajstić information content (AvgIpc) is 2.49. The van der Waals surface area contributed by atoms with E-state index in [4.69, 9.17) is 16.7 Å². The lowest BCUT2D eigenvalue weighted by molar-refractivity contribution is -0.387. The number of benzene rings is 1. The number of nitrogens with one attached hydrogen (secondary N) is 1. The van der Waals surface area contributed by atoms with Gasteiger partial charge in [-0.1, -0.05) is 17.7 Å². The Balaban J connectivity index is 2.67. The molecule has 23 heavy (non-hydrogen) atoms. The minimum absolute atomic E-state index is 0.139. The van der Waals surface area contributed by atoms with Crippen LogP contribution in [0.1, 0.15) is 12.8 Å². The smallest absolute Gasteiger partial charge is 0.326 e. The van der Waals surface area contributed by atoms with Gasteiger partial charge in [0.05, 0.1) is 15.6 Å². The van der Waals surface area contributed by atoms with Gasteiger partial charge in [0.15, 0.2) is 0 Å². The van der Waals surface area contributed by atoms with Gasteiger partial charge in [0, 0.05) is 11.1 Å². The Hall–Kier alpha value is -2.06. The lowest BCUT2D eigenvalue weighted by Crippen LogP contribution is -2.41. The molecule has 0 saturated heterocycles. The Morgan fingerprint density at radius 2 is 2.22 bits per heavy atom. The predicted octanol–water partition coefficient (Wildman–Crippen LogP) is 2.88. The Labute approximate surface area is 141 Å². The number of rotatable bonds is 9. The molecular formula is C14H15ClN2O5S. The van der Waals surface area contributed by atoms with Crippen molar-refractivity contribution in [1.82, 2.24) is 5.32 Å². The molecule has 124 valence electrons. The summed E-state index contributed by atoms with van der Waals surface area (Å²) in [5.41, 5.74) is -0.197. The molecule has 0 spiro atoms. The molecule has 1 atom stereocenters. The number of carbonyl (C=O) groups is 2. The highest BCUT2D eigenvalue weighted by Crippen LogP contribution is 2.31. The number of nitro groups is 1. The van der Waals surface area contributed by atoms with Crippen LogP contribution in [0.4, 0.5) is 5.69 Å². The van der Waals surface area contributed by atoms with Gasteiger partial charge in [-0.15, -0.1) is 18.3 Å². The standard InChI is InChI=1S/C14H15ClN2O5S/c1-2-3-4-10(14(19)20)16-13(18)8-23-12-6-5-9(15)7-11(12)17(21)22/h2,5-7,10H,1,3-4,8H2,(H,16,18)(H,19,20). The van der Waals surface area contributed by atoms with Crippen molar-refractivity contribution >= 4 is 40.9 Å². The number of hydrogen-bond acceptors (Lipinski definition) is 5. The Morgan fingerprint density at radius 1 is 1.52 bits per heavy atom. The molecule has 1 aromatic carbocycles. The summed E-state index contributed by atoms with van der Waals surface area (Å²) in [5, 5.41) is 22.6. The molecule has 7 nitrogen and oxygen atoms in total. The van der Waals surface area contributed by atoms with Crippen molar-refractivity contribution in [3.05, 3.63) is 46.0 Å². The number of nitrogens with zero attached hydrogens (tertiary/aromatic N) is 1. The number of allylic oxidation sites excluding steroid dienone is 1. The molecule has 0 bridgehead atoms. The van der Waals surface area contributed by atoms with Gasteiger partial charge in [-0.2, -0.15) is 0 Å². The van der Waals surface area contributed by atoms with E-state index in [0.29, 0.717) is 6.42 Å². The number of thioether (sulfide) groups is 1. The zero-order valence-corrected chi connectivity index (χ0v) is 13.6. The monoisotopic (exact) mass is 358 g/mol. The third kappa shape index (κ3) is 6.29. The summed E-state index contributed by atoms with van der Waals surface area (Å²) in [6, 6.07) is 3.12. The number of aliphatic carboxylic acids is 1. The van der Waals surface area contributed by atoms with Crippen molar-refractivity contribution in [2.24, 2.45) is 0 Å². The molecule has 0 aromatic heterocycles. The maximum Gasteiger partial charge on any atom is 0.326 e. The van der Waals surface area contributed by atoms with E-state index in [2.05, 4.69) is 11.9 Å². The maximum absolute atomic E-state index is 11.8. The van der Waals surface area contributed by atoms with Gasteiger partial charge < -0.3 is 10.4 Å². The Morgan fingerprint density at radius 3 is 2.78 bits per heavy atom. The Kier molecular flexibility index (Phi) is 7.56. The zero-order chi connectivity index (χ0) is 17.4. The summed E-state index contributed by atoms with van der Waals surface area (Å²) in [6.07, 6.45) is 2.25. The molecule has 1 aromatic rings. The highest BCUT2D eigenvalue weighted by atomic mass is 35.5. The van der Waals surface area contributed by atoms with Crippen LogP contribution in [-0.2, 0) is 9.59 Å². The van der Waals surface area contributed by atoms with E-state index < -0.39 is 22.8 Å². The van der Waals surface area contributed by atoms with Crippen molar-refractivity contribution in [3.8, 4) is 0 Å². The second kappa shape index (κ2) is 9.16. The Bertz CT molecular complexity index is 623. The molecule has 9 heteroatoms. The quantitative estimate of drug-likeness (QED) is 0.304. The zero-order valence-electron chi connectivity index (χ0n) is 12.0. The van der Waals surface area contributed by atoms with Crippen molar-refractivity contribution in [2.75, 3.05) is 5.75 Å². The van der Waals surface area contributed by atoms with E-state index in [9.17, 15) is 19.7 Å². The van der Waals surface area contributed by atoms with Crippen molar-refractivity contribution < 1.29 is 19.6 Å². The fourth-order valence-electron chi connectivity index (χ4n) is 1.68. The minimum atomic E-state index is -1.14. The van der Waals surface area contributed by atoms with E-state index in [1.807, 2.05) is 0 Å². The molecule has 0 fully saturated rings. The third-order valence-electron chi connectivity index (χ3n) is 2.77. The second-order valence-corrected chi connectivity index (χ2v) is 5.94. The van der Waals surface area contributed by atoms with Crippen LogP contribution < -0.4 is 5.32 Å². The summed E-state index contributed by atoms with van der Waals surface area (Å²) < 4.78 is 0. The molecule has 0 aliphatic carbocycles. The van der Waals surface area contributed by atoms with Crippen LogP contribution in [0, 0.1) is 10.1 Å². The van der Waals surface area contributed by atoms with E-state index in [1.165, 1.54) is 18.2 Å².